The van der Waals surface area contributed by atoms with Gasteiger partial charge in [-0.15, -0.1) is 0 Å². The van der Waals surface area contributed by atoms with Crippen LogP contribution in [0.5, 0.6) is 0 Å². The van der Waals surface area contributed by atoms with Crippen LogP contribution in [0, 0.1) is 0 Å². The maximum Gasteiger partial charge on any atom is 0.331 e. The summed E-state index contributed by atoms with van der Waals surface area (Å²) in [6, 6.07) is 4.60. The number of rotatable bonds is 3. The van der Waals surface area contributed by atoms with Crippen molar-refractivity contribution in [1.29, 1.82) is 0 Å². The van der Waals surface area contributed by atoms with E-state index in [1.165, 1.54) is 6.07 Å². The van der Waals surface area contributed by atoms with Crippen LogP contribution in [-0.4, -0.2) is 35.7 Å². The smallest absolute Gasteiger partial charge is 0.331 e. The topological polar surface area (TPSA) is 75.6 Å². The Bertz CT molecular complexity index is 526. The van der Waals surface area contributed by atoms with Crippen molar-refractivity contribution in [3.63, 3.8) is 0 Å². The van der Waals surface area contributed by atoms with Crippen molar-refractivity contribution in [2.24, 2.45) is 0 Å². The van der Waals surface area contributed by atoms with Gasteiger partial charge < -0.3 is 15.2 Å². The highest BCUT2D eigenvalue weighted by Crippen LogP contribution is 2.27. The molecular weight excluding hydrogens is 293 g/mol. The number of benzene rings is 1. The molecule has 5 nitrogen and oxygen atoms in total. The van der Waals surface area contributed by atoms with Gasteiger partial charge >= 0.3 is 5.97 Å². The average molecular weight is 304 g/mol. The molecule has 2 N–H and O–H groups in total. The fraction of sp³-hybridized carbons (Fsp3) is 0.333. The summed E-state index contributed by atoms with van der Waals surface area (Å²) in [6.07, 6.45) is 0.215. The number of nitrogens with one attached hydrogen (secondary N) is 1. The largest absolute Gasteiger partial charge is 0.479 e. The summed E-state index contributed by atoms with van der Waals surface area (Å²) in [4.78, 5) is 23.4. The first kappa shape index (κ1) is 14.1. The van der Waals surface area contributed by atoms with Crippen LogP contribution in [0.2, 0.25) is 10.0 Å². The van der Waals surface area contributed by atoms with Gasteiger partial charge in [0.15, 0.2) is 5.54 Å². The van der Waals surface area contributed by atoms with Gasteiger partial charge in [0.2, 0.25) is 0 Å². The summed E-state index contributed by atoms with van der Waals surface area (Å²) < 4.78 is 5.06. The monoisotopic (exact) mass is 303 g/mol. The molecule has 1 aliphatic heterocycles. The van der Waals surface area contributed by atoms with Gasteiger partial charge in [-0.2, -0.15) is 0 Å². The third-order valence-electron chi connectivity index (χ3n) is 2.98. The van der Waals surface area contributed by atoms with E-state index in [4.69, 9.17) is 27.9 Å². The molecular formula is C12H11Cl2NO4. The molecule has 1 unspecified atom stereocenters. The van der Waals surface area contributed by atoms with Crippen molar-refractivity contribution < 1.29 is 19.4 Å². The highest BCUT2D eigenvalue weighted by molar-refractivity contribution is 6.43. The van der Waals surface area contributed by atoms with E-state index in [1.54, 1.807) is 12.1 Å². The number of hydrogen-bond donors (Lipinski definition) is 2. The lowest BCUT2D eigenvalue weighted by molar-refractivity contribution is -0.144. The van der Waals surface area contributed by atoms with E-state index in [2.05, 4.69) is 5.32 Å². The number of carbonyl (C=O) groups is 2. The minimum absolute atomic E-state index is 0.0632. The van der Waals surface area contributed by atoms with E-state index in [9.17, 15) is 14.7 Å². The number of halogens is 2. The van der Waals surface area contributed by atoms with E-state index < -0.39 is 17.4 Å². The maximum absolute atomic E-state index is 12.1. The Balaban J connectivity index is 2.25. The van der Waals surface area contributed by atoms with Crippen LogP contribution < -0.4 is 5.32 Å². The van der Waals surface area contributed by atoms with E-state index in [-0.39, 0.29) is 35.2 Å². The van der Waals surface area contributed by atoms with Crippen LogP contribution in [0.3, 0.4) is 0 Å². The molecule has 19 heavy (non-hydrogen) atoms. The molecule has 1 fully saturated rings. The maximum atomic E-state index is 12.1. The number of ether oxygens (including phenoxy) is 1. The zero-order valence-electron chi connectivity index (χ0n) is 9.78. The molecule has 102 valence electrons. The van der Waals surface area contributed by atoms with Gasteiger partial charge in [-0.3, -0.25) is 4.79 Å². The van der Waals surface area contributed by atoms with Crippen molar-refractivity contribution >= 4 is 35.1 Å². The molecule has 0 aliphatic carbocycles. The van der Waals surface area contributed by atoms with Crippen molar-refractivity contribution in [3.05, 3.63) is 33.8 Å². The fourth-order valence-corrected chi connectivity index (χ4v) is 2.24. The van der Waals surface area contributed by atoms with E-state index >= 15 is 0 Å². The summed E-state index contributed by atoms with van der Waals surface area (Å²) >= 11 is 11.7. The van der Waals surface area contributed by atoms with Crippen LogP contribution in [-0.2, 0) is 9.53 Å². The molecule has 0 bridgehead atoms. The Morgan fingerprint density at radius 3 is 2.68 bits per heavy atom. The predicted molar refractivity (Wildman–Crippen MR) is 69.7 cm³/mol. The first-order valence-electron chi connectivity index (χ1n) is 5.54. The second-order valence-electron chi connectivity index (χ2n) is 4.25. The molecule has 1 aliphatic rings. The van der Waals surface area contributed by atoms with Crippen molar-refractivity contribution in [2.45, 2.75) is 12.0 Å². The fourth-order valence-electron chi connectivity index (χ4n) is 1.85. The molecule has 2 rings (SSSR count). The van der Waals surface area contributed by atoms with E-state index in [1.807, 2.05) is 0 Å². The molecule has 0 aromatic heterocycles. The SMILES string of the molecule is O=C(NC1(C(=O)O)CCOC1)c1cccc(Cl)c1Cl. The normalized spacial score (nSPS) is 22.2. The highest BCUT2D eigenvalue weighted by Gasteiger charge is 2.44. The zero-order chi connectivity index (χ0) is 14.0. The standard InChI is InChI=1S/C12H11Cl2NO4/c13-8-3-1-2-7(9(8)14)10(16)15-12(11(17)18)4-5-19-6-12/h1-3H,4-6H2,(H,15,16)(H,17,18). The van der Waals surface area contributed by atoms with Gasteiger partial charge in [-0.05, 0) is 12.1 Å². The molecule has 1 atom stereocenters. The first-order chi connectivity index (χ1) is 8.96. The quantitative estimate of drug-likeness (QED) is 0.895. The van der Waals surface area contributed by atoms with Gasteiger partial charge in [0.05, 0.1) is 22.2 Å². The Morgan fingerprint density at radius 1 is 1.37 bits per heavy atom. The van der Waals surface area contributed by atoms with Crippen molar-refractivity contribution in [3.8, 4) is 0 Å². The van der Waals surface area contributed by atoms with Crippen LogP contribution >= 0.6 is 23.2 Å². The zero-order valence-corrected chi connectivity index (χ0v) is 11.3. The van der Waals surface area contributed by atoms with Crippen LogP contribution in [0.1, 0.15) is 16.8 Å². The lowest BCUT2D eigenvalue weighted by Gasteiger charge is -2.24. The summed E-state index contributed by atoms with van der Waals surface area (Å²) in [7, 11) is 0. The Hall–Kier alpha value is -1.30. The average Bonchev–Trinajstić information content (AvgIpc) is 2.82. The van der Waals surface area contributed by atoms with Crippen molar-refractivity contribution in [2.75, 3.05) is 13.2 Å². The summed E-state index contributed by atoms with van der Waals surface area (Å²) in [5.74, 6) is -1.71. The molecule has 1 saturated heterocycles. The van der Waals surface area contributed by atoms with Crippen LogP contribution in [0.4, 0.5) is 0 Å². The van der Waals surface area contributed by atoms with E-state index in [0.717, 1.165) is 0 Å². The van der Waals surface area contributed by atoms with Gasteiger partial charge in [0.25, 0.3) is 5.91 Å². The molecule has 1 amide bonds. The Labute approximate surface area is 119 Å². The minimum atomic E-state index is -1.40. The Morgan fingerprint density at radius 2 is 2.11 bits per heavy atom. The van der Waals surface area contributed by atoms with Gasteiger partial charge in [0, 0.05) is 13.0 Å². The van der Waals surface area contributed by atoms with Crippen LogP contribution in [0.15, 0.2) is 18.2 Å². The first-order valence-corrected chi connectivity index (χ1v) is 6.29. The van der Waals surface area contributed by atoms with Crippen LogP contribution in [0.25, 0.3) is 0 Å². The second-order valence-corrected chi connectivity index (χ2v) is 5.03. The Kier molecular flexibility index (Phi) is 3.99. The van der Waals surface area contributed by atoms with E-state index in [0.29, 0.717) is 0 Å². The van der Waals surface area contributed by atoms with Gasteiger partial charge in [0.1, 0.15) is 0 Å². The summed E-state index contributed by atoms with van der Waals surface area (Å²) in [5, 5.41) is 12.0. The molecule has 7 heteroatoms. The number of carbonyl (C=O) groups excluding carboxylic acids is 1. The number of amides is 1. The van der Waals surface area contributed by atoms with Crippen molar-refractivity contribution in [1.82, 2.24) is 5.32 Å². The summed E-state index contributed by atoms with van der Waals surface area (Å²) in [6.45, 7) is 0.224. The predicted octanol–water partition coefficient (Wildman–Crippen LogP) is 1.97. The van der Waals surface area contributed by atoms with Gasteiger partial charge in [-0.25, -0.2) is 4.79 Å². The lowest BCUT2D eigenvalue weighted by Crippen LogP contribution is -2.55. The molecule has 0 spiro atoms. The molecule has 0 saturated carbocycles. The molecule has 1 aromatic carbocycles. The highest BCUT2D eigenvalue weighted by atomic mass is 35.5. The number of aliphatic carboxylic acids is 1. The number of carboxylic acid groups (broad SMARTS) is 1. The number of carboxylic acids is 1. The third kappa shape index (κ3) is 2.68. The molecule has 0 radical (unpaired) electrons. The number of hydrogen-bond acceptors (Lipinski definition) is 3. The molecule has 1 aromatic rings. The van der Waals surface area contributed by atoms with Gasteiger partial charge in [-0.1, -0.05) is 29.3 Å². The third-order valence-corrected chi connectivity index (χ3v) is 3.80. The lowest BCUT2D eigenvalue weighted by atomic mass is 9.98. The minimum Gasteiger partial charge on any atom is -0.479 e. The summed E-state index contributed by atoms with van der Waals surface area (Å²) in [5.41, 5.74) is -1.26. The second kappa shape index (κ2) is 5.36. The molecule has 1 heterocycles.